The zero-order valence-corrected chi connectivity index (χ0v) is 17.7. The van der Waals surface area contributed by atoms with Crippen LogP contribution < -0.4 is 5.56 Å². The predicted octanol–water partition coefficient (Wildman–Crippen LogP) is 3.27. The quantitative estimate of drug-likeness (QED) is 0.606. The smallest absolute Gasteiger partial charge is 0.265 e. The fourth-order valence-electron chi connectivity index (χ4n) is 4.70. The molecule has 1 fully saturated rings. The maximum Gasteiger partial charge on any atom is 0.265 e. The van der Waals surface area contributed by atoms with Gasteiger partial charge in [-0.1, -0.05) is 6.08 Å². The molecule has 3 aliphatic rings. The van der Waals surface area contributed by atoms with Crippen LogP contribution in [0.1, 0.15) is 29.8 Å². The Morgan fingerprint density at radius 1 is 1.06 bits per heavy atom. The molecule has 2 aromatic heterocycles. The molecular formula is C24H21F2N3O4. The first kappa shape index (κ1) is 20.6. The van der Waals surface area contributed by atoms with Crippen molar-refractivity contribution < 1.29 is 23.0 Å². The van der Waals surface area contributed by atoms with Gasteiger partial charge in [-0.25, -0.2) is 23.1 Å². The van der Waals surface area contributed by atoms with Crippen molar-refractivity contribution in [2.24, 2.45) is 5.92 Å². The molecule has 33 heavy (non-hydrogen) atoms. The van der Waals surface area contributed by atoms with Crippen molar-refractivity contribution >= 4 is 11.2 Å². The molecule has 0 radical (unpaired) electrons. The van der Waals surface area contributed by atoms with Crippen LogP contribution in [0.15, 0.2) is 35.1 Å². The Hall–Kier alpha value is -3.01. The van der Waals surface area contributed by atoms with Crippen molar-refractivity contribution in [2.45, 2.75) is 32.2 Å². The van der Waals surface area contributed by atoms with Crippen molar-refractivity contribution in [3.63, 3.8) is 0 Å². The number of nitrogens with zero attached hydrogens (tertiary/aromatic N) is 3. The molecule has 0 saturated carbocycles. The van der Waals surface area contributed by atoms with Crippen molar-refractivity contribution in [3.05, 3.63) is 69.3 Å². The molecule has 170 valence electrons. The van der Waals surface area contributed by atoms with Gasteiger partial charge in [-0.2, -0.15) is 0 Å². The highest BCUT2D eigenvalue weighted by Crippen LogP contribution is 2.31. The Balaban J connectivity index is 1.57. The number of halogens is 2. The fourth-order valence-corrected chi connectivity index (χ4v) is 4.70. The summed E-state index contributed by atoms with van der Waals surface area (Å²) in [7, 11) is 0. The number of benzene rings is 1. The van der Waals surface area contributed by atoms with Gasteiger partial charge in [0.2, 0.25) is 0 Å². The normalized spacial score (nSPS) is 22.5. The molecule has 1 saturated heterocycles. The first-order chi connectivity index (χ1) is 16.1. The largest absolute Gasteiger partial charge is 0.381 e. The summed E-state index contributed by atoms with van der Waals surface area (Å²) >= 11 is 0. The molecule has 9 heteroatoms. The first-order valence-corrected chi connectivity index (χ1v) is 11.0. The minimum atomic E-state index is -0.800. The van der Waals surface area contributed by atoms with Crippen LogP contribution in [0.25, 0.3) is 22.6 Å². The van der Waals surface area contributed by atoms with Crippen LogP contribution in [-0.4, -0.2) is 40.3 Å². The molecule has 5 heterocycles. The Morgan fingerprint density at radius 2 is 1.97 bits per heavy atom. The number of rotatable bonds is 3. The molecule has 3 aliphatic heterocycles. The molecule has 7 nitrogen and oxygen atoms in total. The van der Waals surface area contributed by atoms with Crippen LogP contribution in [0.4, 0.5) is 8.78 Å². The highest BCUT2D eigenvalue weighted by Gasteiger charge is 2.29. The first-order valence-electron chi connectivity index (χ1n) is 11.0. The van der Waals surface area contributed by atoms with Crippen LogP contribution >= 0.6 is 0 Å². The minimum absolute atomic E-state index is 0.0272. The SMILES string of the molecule is O=c1c2c(nc3cc(C4=CC(C5CCOC5)OCC4)nc(-c4ccc(F)cc4F)n13)COC2. The summed E-state index contributed by atoms with van der Waals surface area (Å²) in [5.74, 6) is -1.15. The lowest BCUT2D eigenvalue weighted by Crippen LogP contribution is -2.27. The molecule has 2 atom stereocenters. The van der Waals surface area contributed by atoms with Crippen LogP contribution in [0.2, 0.25) is 0 Å². The summed E-state index contributed by atoms with van der Waals surface area (Å²) in [4.78, 5) is 22.6. The number of hydrogen-bond acceptors (Lipinski definition) is 6. The van der Waals surface area contributed by atoms with E-state index in [4.69, 9.17) is 19.2 Å². The third kappa shape index (κ3) is 3.56. The molecule has 0 bridgehead atoms. The van der Waals surface area contributed by atoms with Crippen molar-refractivity contribution in [1.82, 2.24) is 14.4 Å². The van der Waals surface area contributed by atoms with E-state index in [2.05, 4.69) is 4.98 Å². The number of ether oxygens (including phenoxy) is 3. The molecule has 0 spiro atoms. The Bertz CT molecular complexity index is 1350. The molecule has 2 unspecified atom stereocenters. The van der Waals surface area contributed by atoms with Gasteiger partial charge in [0.25, 0.3) is 5.56 Å². The third-order valence-corrected chi connectivity index (χ3v) is 6.46. The predicted molar refractivity (Wildman–Crippen MR) is 114 cm³/mol. The van der Waals surface area contributed by atoms with E-state index in [1.54, 1.807) is 6.07 Å². The zero-order valence-electron chi connectivity index (χ0n) is 17.7. The van der Waals surface area contributed by atoms with Crippen LogP contribution in [0, 0.1) is 17.6 Å². The summed E-state index contributed by atoms with van der Waals surface area (Å²) in [6, 6.07) is 4.97. The van der Waals surface area contributed by atoms with Crippen molar-refractivity contribution in [1.29, 1.82) is 0 Å². The number of aromatic nitrogens is 3. The van der Waals surface area contributed by atoms with Gasteiger partial charge in [0.1, 0.15) is 17.3 Å². The van der Waals surface area contributed by atoms with Crippen molar-refractivity contribution in [3.8, 4) is 11.4 Å². The molecule has 3 aromatic rings. The Morgan fingerprint density at radius 3 is 2.79 bits per heavy atom. The second-order valence-electron chi connectivity index (χ2n) is 8.52. The van der Waals surface area contributed by atoms with Gasteiger partial charge in [-0.3, -0.25) is 4.79 Å². The van der Waals surface area contributed by atoms with Crippen LogP contribution in [0.3, 0.4) is 0 Å². The van der Waals surface area contributed by atoms with E-state index in [-0.39, 0.29) is 42.2 Å². The number of hydrogen-bond donors (Lipinski definition) is 0. The Labute approximate surface area is 187 Å². The molecular weight excluding hydrogens is 432 g/mol. The standard InChI is InChI=1S/C24H21F2N3O4/c25-15-1-2-16(18(26)8-15)23-28-19(13-4-6-33-21(7-13)14-3-5-31-10-14)9-22-27-20-12-32-11-17(20)24(30)29(22)23/h1-2,7-9,14,21H,3-6,10-12H2. The average Bonchev–Trinajstić information content (AvgIpc) is 3.51. The third-order valence-electron chi connectivity index (χ3n) is 6.46. The Kier molecular flexibility index (Phi) is 5.05. The van der Waals surface area contributed by atoms with E-state index in [9.17, 15) is 13.6 Å². The second kappa shape index (κ2) is 8.09. The molecule has 1 aromatic carbocycles. The van der Waals surface area contributed by atoms with Gasteiger partial charge < -0.3 is 14.2 Å². The highest BCUT2D eigenvalue weighted by atomic mass is 19.1. The van der Waals surface area contributed by atoms with Gasteiger partial charge in [0.15, 0.2) is 5.82 Å². The van der Waals surface area contributed by atoms with Gasteiger partial charge in [-0.05, 0) is 30.5 Å². The minimum Gasteiger partial charge on any atom is -0.381 e. The summed E-state index contributed by atoms with van der Waals surface area (Å²) in [5.41, 5.74) is 2.55. The molecule has 0 aliphatic carbocycles. The van der Waals surface area contributed by atoms with Crippen LogP contribution in [-0.2, 0) is 27.4 Å². The molecule has 0 amide bonds. The van der Waals surface area contributed by atoms with E-state index in [1.165, 1.54) is 10.5 Å². The highest BCUT2D eigenvalue weighted by molar-refractivity contribution is 5.71. The average molecular weight is 453 g/mol. The van der Waals surface area contributed by atoms with E-state index in [1.807, 2.05) is 6.08 Å². The number of fused-ring (bicyclic) bond motifs is 2. The van der Waals surface area contributed by atoms with E-state index in [0.717, 1.165) is 30.7 Å². The topological polar surface area (TPSA) is 75.0 Å². The molecule has 6 rings (SSSR count). The lowest BCUT2D eigenvalue weighted by atomic mass is 9.95. The lowest BCUT2D eigenvalue weighted by Gasteiger charge is -2.26. The van der Waals surface area contributed by atoms with Gasteiger partial charge in [0.05, 0.1) is 55.0 Å². The summed E-state index contributed by atoms with van der Waals surface area (Å²) in [6.07, 6.45) is 3.50. The van der Waals surface area contributed by atoms with Gasteiger partial charge in [-0.15, -0.1) is 0 Å². The van der Waals surface area contributed by atoms with E-state index < -0.39 is 11.6 Å². The molecule has 0 N–H and O–H groups in total. The van der Waals surface area contributed by atoms with E-state index in [0.29, 0.717) is 42.2 Å². The second-order valence-corrected chi connectivity index (χ2v) is 8.52. The van der Waals surface area contributed by atoms with Gasteiger partial charge in [0, 0.05) is 24.7 Å². The van der Waals surface area contributed by atoms with E-state index >= 15 is 0 Å². The fraction of sp³-hybridized carbons (Fsp3) is 0.375. The summed E-state index contributed by atoms with van der Waals surface area (Å²) in [6.45, 7) is 2.28. The summed E-state index contributed by atoms with van der Waals surface area (Å²) < 4.78 is 46.6. The monoisotopic (exact) mass is 453 g/mol. The lowest BCUT2D eigenvalue weighted by molar-refractivity contribution is 0.0368. The maximum atomic E-state index is 14.8. The van der Waals surface area contributed by atoms with Gasteiger partial charge >= 0.3 is 0 Å². The van der Waals surface area contributed by atoms with Crippen LogP contribution in [0.5, 0.6) is 0 Å². The zero-order chi connectivity index (χ0) is 22.5. The summed E-state index contributed by atoms with van der Waals surface area (Å²) in [5, 5.41) is 0. The van der Waals surface area contributed by atoms with Crippen molar-refractivity contribution in [2.75, 3.05) is 19.8 Å². The maximum absolute atomic E-state index is 14.8.